The standard InChI is InChI=1S/C17H17FN2O3/c18-15-12-13(3-5-16(15)20-7-10-22-11-8-20)19-17(21)6-4-14-2-1-9-23-14/h1-6,9,12H,7-8,10-11H2,(H,19,21). The number of nitrogens with one attached hydrogen (secondary N) is 1. The van der Waals surface area contributed by atoms with E-state index < -0.39 is 0 Å². The molecule has 1 aliphatic rings. The van der Waals surface area contributed by atoms with Gasteiger partial charge < -0.3 is 19.4 Å². The fourth-order valence-corrected chi connectivity index (χ4v) is 2.37. The minimum Gasteiger partial charge on any atom is -0.465 e. The highest BCUT2D eigenvalue weighted by Gasteiger charge is 2.15. The summed E-state index contributed by atoms with van der Waals surface area (Å²) in [6, 6.07) is 8.15. The van der Waals surface area contributed by atoms with Gasteiger partial charge in [-0.25, -0.2) is 4.39 Å². The van der Waals surface area contributed by atoms with E-state index in [1.807, 2.05) is 4.90 Å². The van der Waals surface area contributed by atoms with Crippen molar-refractivity contribution in [2.24, 2.45) is 0 Å². The number of benzene rings is 1. The first-order chi connectivity index (χ1) is 11.2. The van der Waals surface area contributed by atoms with Gasteiger partial charge in [0.1, 0.15) is 11.6 Å². The lowest BCUT2D eigenvalue weighted by atomic mass is 10.2. The summed E-state index contributed by atoms with van der Waals surface area (Å²) >= 11 is 0. The minimum absolute atomic E-state index is 0.347. The zero-order valence-corrected chi connectivity index (χ0v) is 12.5. The van der Waals surface area contributed by atoms with E-state index in [4.69, 9.17) is 9.15 Å². The van der Waals surface area contributed by atoms with Gasteiger partial charge in [-0.3, -0.25) is 4.79 Å². The molecular weight excluding hydrogens is 299 g/mol. The second kappa shape index (κ2) is 7.11. The molecular formula is C17H17FN2O3. The van der Waals surface area contributed by atoms with Crippen LogP contribution in [-0.2, 0) is 9.53 Å². The molecule has 1 fully saturated rings. The molecule has 6 heteroatoms. The highest BCUT2D eigenvalue weighted by Crippen LogP contribution is 2.23. The van der Waals surface area contributed by atoms with Gasteiger partial charge in [-0.05, 0) is 36.4 Å². The summed E-state index contributed by atoms with van der Waals surface area (Å²) in [5.41, 5.74) is 0.936. The third-order valence-electron chi connectivity index (χ3n) is 3.51. The molecule has 1 saturated heterocycles. The maximum absolute atomic E-state index is 14.2. The number of anilines is 2. The Labute approximate surface area is 133 Å². The average molecular weight is 316 g/mol. The number of hydrogen-bond donors (Lipinski definition) is 1. The number of rotatable bonds is 4. The zero-order valence-electron chi connectivity index (χ0n) is 12.5. The fraction of sp³-hybridized carbons (Fsp3) is 0.235. The highest BCUT2D eigenvalue weighted by molar-refractivity contribution is 6.01. The average Bonchev–Trinajstić information content (AvgIpc) is 3.07. The van der Waals surface area contributed by atoms with Crippen LogP contribution in [0, 0.1) is 5.82 Å². The summed E-state index contributed by atoms with van der Waals surface area (Å²) in [7, 11) is 0. The van der Waals surface area contributed by atoms with Crippen LogP contribution in [0.25, 0.3) is 6.08 Å². The molecule has 0 aliphatic carbocycles. The van der Waals surface area contributed by atoms with E-state index in [0.29, 0.717) is 43.4 Å². The highest BCUT2D eigenvalue weighted by atomic mass is 19.1. The van der Waals surface area contributed by atoms with Crippen LogP contribution < -0.4 is 10.2 Å². The van der Waals surface area contributed by atoms with E-state index in [0.717, 1.165) is 0 Å². The maximum Gasteiger partial charge on any atom is 0.248 e. The second-order valence-electron chi connectivity index (χ2n) is 5.10. The quantitative estimate of drug-likeness (QED) is 0.881. The Bertz CT molecular complexity index is 692. The predicted molar refractivity (Wildman–Crippen MR) is 85.8 cm³/mol. The largest absolute Gasteiger partial charge is 0.465 e. The molecule has 0 unspecified atom stereocenters. The molecule has 5 nitrogen and oxygen atoms in total. The van der Waals surface area contributed by atoms with Crippen LogP contribution in [0.2, 0.25) is 0 Å². The third-order valence-corrected chi connectivity index (χ3v) is 3.51. The van der Waals surface area contributed by atoms with Gasteiger partial charge in [-0.15, -0.1) is 0 Å². The van der Waals surface area contributed by atoms with Gasteiger partial charge in [0.15, 0.2) is 0 Å². The van der Waals surface area contributed by atoms with Gasteiger partial charge in [-0.1, -0.05) is 0 Å². The first kappa shape index (κ1) is 15.3. The van der Waals surface area contributed by atoms with Gasteiger partial charge in [0.2, 0.25) is 5.91 Å². The molecule has 0 spiro atoms. The summed E-state index contributed by atoms with van der Waals surface area (Å²) in [5.74, 6) is -0.131. The Morgan fingerprint density at radius 3 is 2.78 bits per heavy atom. The third kappa shape index (κ3) is 3.98. The molecule has 1 aliphatic heterocycles. The Morgan fingerprint density at radius 1 is 1.26 bits per heavy atom. The minimum atomic E-state index is -0.361. The smallest absolute Gasteiger partial charge is 0.248 e. The predicted octanol–water partition coefficient (Wildman–Crippen LogP) is 2.91. The maximum atomic E-state index is 14.2. The number of nitrogens with zero attached hydrogens (tertiary/aromatic N) is 1. The van der Waals surface area contributed by atoms with Crippen molar-refractivity contribution in [1.82, 2.24) is 0 Å². The van der Waals surface area contributed by atoms with Crippen molar-refractivity contribution in [3.8, 4) is 0 Å². The molecule has 2 aromatic rings. The van der Waals surface area contributed by atoms with Crippen molar-refractivity contribution in [3.05, 3.63) is 54.2 Å². The van der Waals surface area contributed by atoms with Crippen LogP contribution in [0.3, 0.4) is 0 Å². The molecule has 2 heterocycles. The molecule has 1 aromatic heterocycles. The van der Waals surface area contributed by atoms with Gasteiger partial charge >= 0.3 is 0 Å². The second-order valence-corrected chi connectivity index (χ2v) is 5.10. The first-order valence-corrected chi connectivity index (χ1v) is 7.37. The van der Waals surface area contributed by atoms with Crippen molar-refractivity contribution in [2.45, 2.75) is 0 Å². The number of carbonyl (C=O) groups is 1. The van der Waals surface area contributed by atoms with Crippen molar-refractivity contribution in [2.75, 3.05) is 36.5 Å². The van der Waals surface area contributed by atoms with Crippen molar-refractivity contribution < 1.29 is 18.3 Å². The number of amides is 1. The summed E-state index contributed by atoms with van der Waals surface area (Å²) in [6.45, 7) is 2.51. The molecule has 0 radical (unpaired) electrons. The number of morpholine rings is 1. The number of furan rings is 1. The van der Waals surface area contributed by atoms with Crippen LogP contribution in [0.5, 0.6) is 0 Å². The van der Waals surface area contributed by atoms with E-state index in [1.165, 1.54) is 18.4 Å². The fourth-order valence-electron chi connectivity index (χ4n) is 2.37. The van der Waals surface area contributed by atoms with Gasteiger partial charge in [0.25, 0.3) is 0 Å². The van der Waals surface area contributed by atoms with Crippen LogP contribution in [0.15, 0.2) is 47.1 Å². The summed E-state index contributed by atoms with van der Waals surface area (Å²) < 4.78 is 24.6. The van der Waals surface area contributed by atoms with E-state index in [2.05, 4.69) is 5.32 Å². The van der Waals surface area contributed by atoms with Crippen molar-refractivity contribution in [1.29, 1.82) is 0 Å². The lowest BCUT2D eigenvalue weighted by Crippen LogP contribution is -2.36. The van der Waals surface area contributed by atoms with Crippen molar-refractivity contribution in [3.63, 3.8) is 0 Å². The molecule has 1 amide bonds. The number of hydrogen-bond acceptors (Lipinski definition) is 4. The van der Waals surface area contributed by atoms with Crippen LogP contribution >= 0.6 is 0 Å². The molecule has 0 atom stereocenters. The van der Waals surface area contributed by atoms with Gasteiger partial charge in [-0.2, -0.15) is 0 Å². The molecule has 3 rings (SSSR count). The zero-order chi connectivity index (χ0) is 16.1. The monoisotopic (exact) mass is 316 g/mol. The Morgan fingerprint density at radius 2 is 2.09 bits per heavy atom. The Kier molecular flexibility index (Phi) is 4.73. The van der Waals surface area contributed by atoms with Gasteiger partial charge in [0, 0.05) is 24.9 Å². The van der Waals surface area contributed by atoms with E-state index in [-0.39, 0.29) is 11.7 Å². The lowest BCUT2D eigenvalue weighted by molar-refractivity contribution is -0.111. The van der Waals surface area contributed by atoms with E-state index in [1.54, 1.807) is 30.3 Å². The van der Waals surface area contributed by atoms with E-state index in [9.17, 15) is 9.18 Å². The molecule has 0 saturated carbocycles. The normalized spacial score (nSPS) is 15.1. The number of carbonyl (C=O) groups excluding carboxylic acids is 1. The van der Waals surface area contributed by atoms with E-state index >= 15 is 0 Å². The molecule has 23 heavy (non-hydrogen) atoms. The Hall–Kier alpha value is -2.60. The van der Waals surface area contributed by atoms with Gasteiger partial charge in [0.05, 0.1) is 25.2 Å². The SMILES string of the molecule is O=C(C=Cc1ccco1)Nc1ccc(N2CCOCC2)c(F)c1. The number of ether oxygens (including phenoxy) is 1. The first-order valence-electron chi connectivity index (χ1n) is 7.37. The lowest BCUT2D eigenvalue weighted by Gasteiger charge is -2.29. The topological polar surface area (TPSA) is 54.7 Å². The summed E-state index contributed by atoms with van der Waals surface area (Å²) in [4.78, 5) is 13.7. The molecule has 0 bridgehead atoms. The molecule has 1 aromatic carbocycles. The number of halogens is 1. The summed E-state index contributed by atoms with van der Waals surface area (Å²) in [5, 5.41) is 2.62. The summed E-state index contributed by atoms with van der Waals surface area (Å²) in [6.07, 6.45) is 4.41. The molecule has 120 valence electrons. The molecule has 1 N–H and O–H groups in total. The van der Waals surface area contributed by atoms with Crippen LogP contribution in [-0.4, -0.2) is 32.2 Å². The van der Waals surface area contributed by atoms with Crippen LogP contribution in [0.4, 0.5) is 15.8 Å². The van der Waals surface area contributed by atoms with Crippen molar-refractivity contribution >= 4 is 23.4 Å². The Balaban J connectivity index is 1.64. The van der Waals surface area contributed by atoms with Crippen LogP contribution in [0.1, 0.15) is 5.76 Å².